The van der Waals surface area contributed by atoms with Crippen molar-refractivity contribution >= 4 is 22.1 Å². The van der Waals surface area contributed by atoms with E-state index in [1.807, 2.05) is 12.4 Å². The topological polar surface area (TPSA) is 70.3 Å². The number of aromatic nitrogens is 4. The molecule has 1 N–H and O–H groups in total. The molecule has 1 saturated carbocycles. The fourth-order valence-corrected chi connectivity index (χ4v) is 3.48. The molecule has 3 aromatic heterocycles. The zero-order chi connectivity index (χ0) is 14.2. The van der Waals surface area contributed by atoms with Gasteiger partial charge in [-0.05, 0) is 37.7 Å². The Labute approximate surface area is 122 Å². The molecule has 0 aromatic carbocycles. The highest BCUT2D eigenvalue weighted by molar-refractivity contribution is 6.00. The van der Waals surface area contributed by atoms with Crippen molar-refractivity contribution in [2.45, 2.75) is 38.1 Å². The van der Waals surface area contributed by atoms with E-state index >= 15 is 0 Å². The Kier molecular flexibility index (Phi) is 2.88. The van der Waals surface area contributed by atoms with E-state index in [1.54, 1.807) is 0 Å². The molecular formula is C16H16N5. The van der Waals surface area contributed by atoms with E-state index in [0.29, 0.717) is 18.4 Å². The first-order valence-electron chi connectivity index (χ1n) is 7.45. The minimum atomic E-state index is 0.436. The minimum absolute atomic E-state index is 0.436. The van der Waals surface area contributed by atoms with Gasteiger partial charge in [-0.15, -0.1) is 0 Å². The van der Waals surface area contributed by atoms with E-state index in [0.717, 1.165) is 47.8 Å². The molecule has 1 fully saturated rings. The van der Waals surface area contributed by atoms with E-state index in [-0.39, 0.29) is 0 Å². The number of hydrogen-bond acceptors (Lipinski definition) is 3. The predicted molar refractivity (Wildman–Crippen MR) is 79.4 cm³/mol. The van der Waals surface area contributed by atoms with Gasteiger partial charge in [-0.25, -0.2) is 9.97 Å². The first-order chi connectivity index (χ1) is 10.4. The van der Waals surface area contributed by atoms with Crippen molar-refractivity contribution < 1.29 is 0 Å². The number of nitriles is 1. The molecular weight excluding hydrogens is 262 g/mol. The van der Waals surface area contributed by atoms with Crippen LogP contribution in [0.1, 0.15) is 38.1 Å². The quantitative estimate of drug-likeness (QED) is 0.781. The van der Waals surface area contributed by atoms with Gasteiger partial charge in [0.1, 0.15) is 11.2 Å². The van der Waals surface area contributed by atoms with Crippen LogP contribution in [0.3, 0.4) is 0 Å². The SMILES string of the molecule is N#CC[C@H]1CC[C@H](n2[c]nc3cnc4[nH]ccc4c32)CC1. The third-order valence-corrected chi connectivity index (χ3v) is 4.62. The molecule has 1 aliphatic rings. The second kappa shape index (κ2) is 4.88. The molecule has 3 aromatic rings. The zero-order valence-electron chi connectivity index (χ0n) is 11.7. The molecule has 3 heterocycles. The summed E-state index contributed by atoms with van der Waals surface area (Å²) in [4.78, 5) is 11.9. The molecule has 5 heteroatoms. The molecule has 5 nitrogen and oxygen atoms in total. The Morgan fingerprint density at radius 2 is 2.24 bits per heavy atom. The summed E-state index contributed by atoms with van der Waals surface area (Å²) < 4.78 is 2.19. The van der Waals surface area contributed by atoms with Gasteiger partial charge in [0.15, 0.2) is 6.33 Å². The number of aromatic amines is 1. The van der Waals surface area contributed by atoms with Gasteiger partial charge in [0.05, 0.1) is 17.8 Å². The van der Waals surface area contributed by atoms with Gasteiger partial charge in [-0.1, -0.05) is 0 Å². The maximum absolute atomic E-state index is 8.82. The van der Waals surface area contributed by atoms with Crippen molar-refractivity contribution in [2.24, 2.45) is 5.92 Å². The van der Waals surface area contributed by atoms with Crippen molar-refractivity contribution in [1.82, 2.24) is 19.5 Å². The maximum Gasteiger partial charge on any atom is 0.177 e. The molecule has 21 heavy (non-hydrogen) atoms. The number of pyridine rings is 1. The summed E-state index contributed by atoms with van der Waals surface area (Å²) in [6, 6.07) is 4.79. The van der Waals surface area contributed by atoms with Gasteiger partial charge >= 0.3 is 0 Å². The lowest BCUT2D eigenvalue weighted by atomic mass is 9.84. The number of rotatable bonds is 2. The number of nitrogens with one attached hydrogen (secondary N) is 1. The van der Waals surface area contributed by atoms with Crippen LogP contribution in [0.4, 0.5) is 0 Å². The summed E-state index contributed by atoms with van der Waals surface area (Å²) in [6.07, 6.45) is 12.0. The molecule has 0 saturated heterocycles. The lowest BCUT2D eigenvalue weighted by Crippen LogP contribution is -2.17. The molecule has 4 rings (SSSR count). The van der Waals surface area contributed by atoms with Gasteiger partial charge in [0.25, 0.3) is 0 Å². The molecule has 105 valence electrons. The summed E-state index contributed by atoms with van der Waals surface area (Å²) in [5, 5.41) is 9.93. The van der Waals surface area contributed by atoms with Crippen LogP contribution in [0.5, 0.6) is 0 Å². The van der Waals surface area contributed by atoms with Crippen LogP contribution in [0.15, 0.2) is 18.5 Å². The van der Waals surface area contributed by atoms with E-state index < -0.39 is 0 Å². The summed E-state index contributed by atoms with van der Waals surface area (Å²) in [5.41, 5.74) is 2.93. The molecule has 0 spiro atoms. The standard InChI is InChI=1S/C16H16N5/c17-7-5-11-1-3-12(4-2-11)21-10-20-14-9-19-16-13(15(14)21)6-8-18-16/h6,8-9,11-12H,1-5H2,(H,18,19)/t11-,12-. The average Bonchev–Trinajstić information content (AvgIpc) is 3.14. The molecule has 0 unspecified atom stereocenters. The second-order valence-corrected chi connectivity index (χ2v) is 5.85. The Hall–Kier alpha value is -2.35. The molecule has 1 aliphatic carbocycles. The Balaban J connectivity index is 1.71. The van der Waals surface area contributed by atoms with Crippen LogP contribution in [0, 0.1) is 23.6 Å². The van der Waals surface area contributed by atoms with Crippen LogP contribution in [-0.2, 0) is 0 Å². The highest BCUT2D eigenvalue weighted by Crippen LogP contribution is 2.36. The monoisotopic (exact) mass is 278 g/mol. The molecule has 0 amide bonds. The third kappa shape index (κ3) is 1.99. The fraction of sp³-hybridized carbons (Fsp3) is 0.438. The van der Waals surface area contributed by atoms with E-state index in [4.69, 9.17) is 5.26 Å². The largest absolute Gasteiger partial charge is 0.346 e. The van der Waals surface area contributed by atoms with Crippen molar-refractivity contribution in [3.05, 3.63) is 24.8 Å². The Bertz CT molecular complexity index is 814. The fourth-order valence-electron chi connectivity index (χ4n) is 3.48. The average molecular weight is 278 g/mol. The third-order valence-electron chi connectivity index (χ3n) is 4.62. The number of hydrogen-bond donors (Lipinski definition) is 1. The lowest BCUT2D eigenvalue weighted by molar-refractivity contribution is 0.281. The Morgan fingerprint density at radius 3 is 3.05 bits per heavy atom. The van der Waals surface area contributed by atoms with Gasteiger partial charge in [0, 0.05) is 24.0 Å². The number of nitrogens with zero attached hydrogens (tertiary/aromatic N) is 4. The summed E-state index contributed by atoms with van der Waals surface area (Å²) in [5.74, 6) is 0.565. The van der Waals surface area contributed by atoms with Crippen LogP contribution in [-0.4, -0.2) is 19.5 Å². The number of H-pyrrole nitrogens is 1. The van der Waals surface area contributed by atoms with Crippen LogP contribution in [0.25, 0.3) is 22.1 Å². The van der Waals surface area contributed by atoms with Crippen molar-refractivity contribution in [3.63, 3.8) is 0 Å². The smallest absolute Gasteiger partial charge is 0.177 e. The molecule has 0 aliphatic heterocycles. The van der Waals surface area contributed by atoms with Gasteiger partial charge in [0.2, 0.25) is 0 Å². The van der Waals surface area contributed by atoms with Crippen molar-refractivity contribution in [2.75, 3.05) is 0 Å². The minimum Gasteiger partial charge on any atom is -0.346 e. The first-order valence-corrected chi connectivity index (χ1v) is 7.45. The normalized spacial score (nSPS) is 22.6. The van der Waals surface area contributed by atoms with E-state index in [1.165, 1.54) is 0 Å². The van der Waals surface area contributed by atoms with Gasteiger partial charge < -0.3 is 9.55 Å². The van der Waals surface area contributed by atoms with E-state index in [2.05, 4.69) is 38.0 Å². The van der Waals surface area contributed by atoms with E-state index in [9.17, 15) is 0 Å². The summed E-state index contributed by atoms with van der Waals surface area (Å²) >= 11 is 0. The van der Waals surface area contributed by atoms with Gasteiger partial charge in [-0.3, -0.25) is 0 Å². The van der Waals surface area contributed by atoms with Crippen LogP contribution in [0.2, 0.25) is 0 Å². The molecule has 0 atom stereocenters. The number of fused-ring (bicyclic) bond motifs is 3. The highest BCUT2D eigenvalue weighted by Gasteiger charge is 2.24. The maximum atomic E-state index is 8.82. The molecule has 1 radical (unpaired) electrons. The number of imidazole rings is 1. The van der Waals surface area contributed by atoms with Crippen molar-refractivity contribution in [3.8, 4) is 6.07 Å². The predicted octanol–water partition coefficient (Wildman–Crippen LogP) is 3.36. The van der Waals surface area contributed by atoms with Crippen LogP contribution >= 0.6 is 0 Å². The zero-order valence-corrected chi connectivity index (χ0v) is 11.7. The van der Waals surface area contributed by atoms with Crippen molar-refractivity contribution in [1.29, 1.82) is 5.26 Å². The summed E-state index contributed by atoms with van der Waals surface area (Å²) in [7, 11) is 0. The Morgan fingerprint density at radius 1 is 1.38 bits per heavy atom. The molecule has 0 bridgehead atoms. The summed E-state index contributed by atoms with van der Waals surface area (Å²) in [6.45, 7) is 0. The second-order valence-electron chi connectivity index (χ2n) is 5.85. The van der Waals surface area contributed by atoms with Crippen LogP contribution < -0.4 is 0 Å². The van der Waals surface area contributed by atoms with Gasteiger partial charge in [-0.2, -0.15) is 5.26 Å². The lowest BCUT2D eigenvalue weighted by Gasteiger charge is -2.28. The first kappa shape index (κ1) is 12.4. The highest BCUT2D eigenvalue weighted by atomic mass is 15.1.